The summed E-state index contributed by atoms with van der Waals surface area (Å²) in [6, 6.07) is 6.03. The van der Waals surface area contributed by atoms with E-state index < -0.39 is 0 Å². The Morgan fingerprint density at radius 3 is 2.82 bits per heavy atom. The van der Waals surface area contributed by atoms with Crippen LogP contribution in [-0.4, -0.2) is 24.9 Å². The van der Waals surface area contributed by atoms with Gasteiger partial charge in [-0.15, -0.1) is 0 Å². The van der Waals surface area contributed by atoms with Crippen LogP contribution < -0.4 is 5.32 Å². The summed E-state index contributed by atoms with van der Waals surface area (Å²) in [7, 11) is 1.72. The third-order valence-corrected chi connectivity index (χ3v) is 2.82. The molecule has 0 saturated carbocycles. The van der Waals surface area contributed by atoms with Gasteiger partial charge < -0.3 is 15.2 Å². The van der Waals surface area contributed by atoms with Gasteiger partial charge >= 0.3 is 0 Å². The summed E-state index contributed by atoms with van der Waals surface area (Å²) in [6.45, 7) is 5.58. The van der Waals surface area contributed by atoms with Gasteiger partial charge in [0.05, 0.1) is 6.61 Å². The minimum atomic E-state index is 0.352. The average Bonchev–Trinajstić information content (AvgIpc) is 2.30. The molecule has 0 aliphatic carbocycles. The van der Waals surface area contributed by atoms with Crippen LogP contribution in [0.3, 0.4) is 0 Å². The highest BCUT2D eigenvalue weighted by atomic mass is 16.5. The number of hydrogen-bond acceptors (Lipinski definition) is 3. The molecule has 0 heterocycles. The standard InChI is InChI=1S/C14H23NO2/c1-4-5-13(10-17-3)15-9-12-8-11(2)6-7-14(12)16/h6-8,13,15-16H,4-5,9-10H2,1-3H3. The molecule has 1 aromatic rings. The zero-order valence-corrected chi connectivity index (χ0v) is 11.0. The van der Waals surface area contributed by atoms with E-state index >= 15 is 0 Å². The lowest BCUT2D eigenvalue weighted by molar-refractivity contribution is 0.161. The summed E-state index contributed by atoms with van der Waals surface area (Å²) in [5.41, 5.74) is 2.11. The number of rotatable bonds is 7. The maximum atomic E-state index is 9.74. The summed E-state index contributed by atoms with van der Waals surface area (Å²) in [6.07, 6.45) is 2.21. The number of ether oxygens (including phenoxy) is 1. The van der Waals surface area contributed by atoms with Crippen molar-refractivity contribution in [3.05, 3.63) is 29.3 Å². The maximum absolute atomic E-state index is 9.74. The SMILES string of the molecule is CCCC(COC)NCc1cc(C)ccc1O. The Kier molecular flexibility index (Phi) is 6.01. The Bertz CT molecular complexity index is 333. The van der Waals surface area contributed by atoms with E-state index in [2.05, 4.69) is 12.2 Å². The Hall–Kier alpha value is -1.06. The lowest BCUT2D eigenvalue weighted by Crippen LogP contribution is -2.32. The number of aryl methyl sites for hydroxylation is 1. The lowest BCUT2D eigenvalue weighted by Gasteiger charge is -2.17. The average molecular weight is 237 g/mol. The minimum Gasteiger partial charge on any atom is -0.508 e. The zero-order valence-electron chi connectivity index (χ0n) is 11.0. The molecule has 2 N–H and O–H groups in total. The molecule has 0 aromatic heterocycles. The first-order valence-electron chi connectivity index (χ1n) is 6.18. The molecule has 0 fully saturated rings. The Labute approximate surface area is 104 Å². The van der Waals surface area contributed by atoms with Crippen molar-refractivity contribution < 1.29 is 9.84 Å². The van der Waals surface area contributed by atoms with Crippen LogP contribution >= 0.6 is 0 Å². The molecule has 1 unspecified atom stereocenters. The van der Waals surface area contributed by atoms with Crippen LogP contribution in [0.15, 0.2) is 18.2 Å². The first kappa shape index (κ1) is 14.0. The second-order valence-electron chi connectivity index (χ2n) is 4.45. The fourth-order valence-electron chi connectivity index (χ4n) is 1.90. The number of nitrogens with one attached hydrogen (secondary N) is 1. The lowest BCUT2D eigenvalue weighted by atomic mass is 10.1. The molecule has 0 radical (unpaired) electrons. The van der Waals surface area contributed by atoms with Crippen LogP contribution in [0.1, 0.15) is 30.9 Å². The molecule has 1 rings (SSSR count). The van der Waals surface area contributed by atoms with E-state index in [9.17, 15) is 5.11 Å². The molecular weight excluding hydrogens is 214 g/mol. The van der Waals surface area contributed by atoms with E-state index in [-0.39, 0.29) is 0 Å². The van der Waals surface area contributed by atoms with Gasteiger partial charge in [0.25, 0.3) is 0 Å². The molecule has 0 amide bonds. The first-order valence-corrected chi connectivity index (χ1v) is 6.18. The Morgan fingerprint density at radius 1 is 1.41 bits per heavy atom. The normalized spacial score (nSPS) is 12.6. The van der Waals surface area contributed by atoms with Gasteiger partial charge in [-0.05, 0) is 19.4 Å². The number of aromatic hydroxyl groups is 1. The number of benzene rings is 1. The molecule has 96 valence electrons. The van der Waals surface area contributed by atoms with Gasteiger partial charge in [-0.1, -0.05) is 31.0 Å². The minimum absolute atomic E-state index is 0.352. The van der Waals surface area contributed by atoms with Gasteiger partial charge in [0.1, 0.15) is 5.75 Å². The molecule has 0 aliphatic heterocycles. The molecule has 0 aliphatic rings. The number of phenols is 1. The highest BCUT2D eigenvalue weighted by Gasteiger charge is 2.08. The fourth-order valence-corrected chi connectivity index (χ4v) is 1.90. The smallest absolute Gasteiger partial charge is 0.120 e. The van der Waals surface area contributed by atoms with E-state index in [1.54, 1.807) is 13.2 Å². The van der Waals surface area contributed by atoms with Crippen molar-refractivity contribution in [3.8, 4) is 5.75 Å². The van der Waals surface area contributed by atoms with E-state index in [4.69, 9.17) is 4.74 Å². The molecule has 1 atom stereocenters. The predicted octanol–water partition coefficient (Wildman–Crippen LogP) is 2.61. The number of phenolic OH excluding ortho intramolecular Hbond substituents is 1. The molecule has 3 nitrogen and oxygen atoms in total. The summed E-state index contributed by atoms with van der Waals surface area (Å²) < 4.78 is 5.17. The fraction of sp³-hybridized carbons (Fsp3) is 0.571. The van der Waals surface area contributed by atoms with Crippen molar-refractivity contribution in [2.75, 3.05) is 13.7 Å². The number of methoxy groups -OCH3 is 1. The molecule has 1 aromatic carbocycles. The Morgan fingerprint density at radius 2 is 2.18 bits per heavy atom. The molecule has 0 bridgehead atoms. The van der Waals surface area contributed by atoms with Crippen LogP contribution in [0.4, 0.5) is 0 Å². The molecule has 3 heteroatoms. The van der Waals surface area contributed by atoms with Crippen LogP contribution in [-0.2, 0) is 11.3 Å². The Balaban J connectivity index is 2.55. The van der Waals surface area contributed by atoms with Gasteiger partial charge in [-0.25, -0.2) is 0 Å². The highest BCUT2D eigenvalue weighted by molar-refractivity contribution is 5.35. The van der Waals surface area contributed by atoms with Crippen molar-refractivity contribution >= 4 is 0 Å². The van der Waals surface area contributed by atoms with E-state index in [1.165, 1.54) is 5.56 Å². The topological polar surface area (TPSA) is 41.5 Å². The number of hydrogen-bond donors (Lipinski definition) is 2. The van der Waals surface area contributed by atoms with Crippen molar-refractivity contribution in [2.45, 2.75) is 39.3 Å². The van der Waals surface area contributed by atoms with Crippen molar-refractivity contribution in [3.63, 3.8) is 0 Å². The third kappa shape index (κ3) is 4.75. The maximum Gasteiger partial charge on any atom is 0.120 e. The first-order chi connectivity index (χ1) is 8.17. The van der Waals surface area contributed by atoms with Crippen molar-refractivity contribution in [1.82, 2.24) is 5.32 Å². The predicted molar refractivity (Wildman–Crippen MR) is 70.3 cm³/mol. The van der Waals surface area contributed by atoms with Gasteiger partial charge in [0, 0.05) is 25.3 Å². The summed E-state index contributed by atoms with van der Waals surface area (Å²) in [5, 5.41) is 13.2. The van der Waals surface area contributed by atoms with Crippen LogP contribution in [0.5, 0.6) is 5.75 Å². The van der Waals surface area contributed by atoms with Crippen molar-refractivity contribution in [2.24, 2.45) is 0 Å². The highest BCUT2D eigenvalue weighted by Crippen LogP contribution is 2.18. The van der Waals surface area contributed by atoms with Gasteiger partial charge in [-0.3, -0.25) is 0 Å². The zero-order chi connectivity index (χ0) is 12.7. The van der Waals surface area contributed by atoms with Crippen LogP contribution in [0, 0.1) is 6.92 Å². The second-order valence-corrected chi connectivity index (χ2v) is 4.45. The molecule has 17 heavy (non-hydrogen) atoms. The van der Waals surface area contributed by atoms with Crippen LogP contribution in [0.2, 0.25) is 0 Å². The van der Waals surface area contributed by atoms with Crippen molar-refractivity contribution in [1.29, 1.82) is 0 Å². The quantitative estimate of drug-likeness (QED) is 0.766. The van der Waals surface area contributed by atoms with Gasteiger partial charge in [-0.2, -0.15) is 0 Å². The molecule has 0 saturated heterocycles. The molecule has 0 spiro atoms. The molecular formula is C14H23NO2. The second kappa shape index (κ2) is 7.30. The van der Waals surface area contributed by atoms with E-state index in [0.29, 0.717) is 24.9 Å². The largest absolute Gasteiger partial charge is 0.508 e. The van der Waals surface area contributed by atoms with E-state index in [1.807, 2.05) is 19.1 Å². The van der Waals surface area contributed by atoms with Crippen LogP contribution in [0.25, 0.3) is 0 Å². The summed E-state index contributed by atoms with van der Waals surface area (Å²) in [4.78, 5) is 0. The monoisotopic (exact) mass is 237 g/mol. The summed E-state index contributed by atoms with van der Waals surface area (Å²) >= 11 is 0. The van der Waals surface area contributed by atoms with E-state index in [0.717, 1.165) is 18.4 Å². The van der Waals surface area contributed by atoms with Gasteiger partial charge in [0.2, 0.25) is 0 Å². The summed E-state index contributed by atoms with van der Waals surface area (Å²) in [5.74, 6) is 0.357. The van der Waals surface area contributed by atoms with Gasteiger partial charge in [0.15, 0.2) is 0 Å². The third-order valence-electron chi connectivity index (χ3n) is 2.82.